The zero-order valence-corrected chi connectivity index (χ0v) is 14.0. The minimum atomic E-state index is 0.00440. The summed E-state index contributed by atoms with van der Waals surface area (Å²) in [4.78, 5) is 13.0. The maximum Gasteiger partial charge on any atom is 0.224 e. The van der Waals surface area contributed by atoms with Crippen molar-refractivity contribution < 1.29 is 4.79 Å². The third-order valence-corrected chi connectivity index (χ3v) is 5.78. The summed E-state index contributed by atoms with van der Waals surface area (Å²) in [5.41, 5.74) is 5.51. The molecule has 0 saturated carbocycles. The van der Waals surface area contributed by atoms with Crippen molar-refractivity contribution in [2.75, 3.05) is 6.54 Å². The molecule has 3 aliphatic carbocycles. The molecule has 2 bridgehead atoms. The maximum absolute atomic E-state index is 13.0. The van der Waals surface area contributed by atoms with E-state index in [4.69, 9.17) is 0 Å². The first-order chi connectivity index (χ1) is 11.8. The van der Waals surface area contributed by atoms with Crippen LogP contribution in [0.3, 0.4) is 0 Å². The molecule has 5 rings (SSSR count). The Labute approximate surface area is 143 Å². The van der Waals surface area contributed by atoms with E-state index in [1.807, 2.05) is 0 Å². The number of benzene rings is 2. The van der Waals surface area contributed by atoms with Gasteiger partial charge in [0.05, 0.1) is 5.92 Å². The Morgan fingerprint density at radius 3 is 1.96 bits per heavy atom. The zero-order valence-electron chi connectivity index (χ0n) is 14.0. The van der Waals surface area contributed by atoms with E-state index in [2.05, 4.69) is 67.4 Å². The summed E-state index contributed by atoms with van der Waals surface area (Å²) in [6.07, 6.45) is 2.76. The Balaban J connectivity index is 1.89. The summed E-state index contributed by atoms with van der Waals surface area (Å²) >= 11 is 0. The molecule has 0 aliphatic heterocycles. The number of nitrogens with one attached hydrogen (secondary N) is 1. The number of amides is 1. The molecule has 3 aliphatic rings. The van der Waals surface area contributed by atoms with E-state index >= 15 is 0 Å². The van der Waals surface area contributed by atoms with Crippen molar-refractivity contribution in [2.24, 2.45) is 11.8 Å². The van der Waals surface area contributed by atoms with Gasteiger partial charge in [0.1, 0.15) is 0 Å². The van der Waals surface area contributed by atoms with Crippen LogP contribution in [-0.4, -0.2) is 12.5 Å². The van der Waals surface area contributed by atoms with E-state index in [-0.39, 0.29) is 17.7 Å². The molecule has 2 nitrogen and oxygen atoms in total. The monoisotopic (exact) mass is 317 g/mol. The summed E-state index contributed by atoms with van der Waals surface area (Å²) in [7, 11) is 0. The number of hydrogen-bond donors (Lipinski definition) is 1. The van der Waals surface area contributed by atoms with Crippen molar-refractivity contribution in [2.45, 2.75) is 25.2 Å². The smallest absolute Gasteiger partial charge is 0.224 e. The summed E-state index contributed by atoms with van der Waals surface area (Å²) < 4.78 is 0. The number of hydrogen-bond acceptors (Lipinski definition) is 1. The molecular weight excluding hydrogens is 294 g/mol. The van der Waals surface area contributed by atoms with Gasteiger partial charge in [0.15, 0.2) is 0 Å². The number of rotatable bonds is 4. The topological polar surface area (TPSA) is 29.1 Å². The van der Waals surface area contributed by atoms with Crippen molar-refractivity contribution in [3.8, 4) is 0 Å². The van der Waals surface area contributed by atoms with Crippen molar-refractivity contribution in [3.05, 3.63) is 83.4 Å². The zero-order chi connectivity index (χ0) is 16.7. The van der Waals surface area contributed by atoms with E-state index in [1.165, 1.54) is 22.3 Å². The molecule has 2 aromatic carbocycles. The Morgan fingerprint density at radius 2 is 1.50 bits per heavy atom. The quantitative estimate of drug-likeness (QED) is 0.840. The average molecular weight is 317 g/mol. The van der Waals surface area contributed by atoms with Gasteiger partial charge in [-0.3, -0.25) is 4.79 Å². The normalized spacial score (nSPS) is 26.4. The second-order valence-corrected chi connectivity index (χ2v) is 6.84. The maximum atomic E-state index is 13.0. The van der Waals surface area contributed by atoms with Gasteiger partial charge in [-0.2, -0.15) is 0 Å². The molecular formula is C22H23NO. The van der Waals surface area contributed by atoms with Crippen LogP contribution in [0.5, 0.6) is 0 Å². The minimum Gasteiger partial charge on any atom is -0.352 e. The molecule has 0 radical (unpaired) electrons. The van der Waals surface area contributed by atoms with Crippen LogP contribution in [0.25, 0.3) is 0 Å². The van der Waals surface area contributed by atoms with Gasteiger partial charge in [-0.1, -0.05) is 68.0 Å². The number of fused-ring (bicyclic) bond motifs is 1. The van der Waals surface area contributed by atoms with Crippen LogP contribution in [0.15, 0.2) is 61.2 Å². The van der Waals surface area contributed by atoms with Crippen molar-refractivity contribution in [1.29, 1.82) is 0 Å². The summed E-state index contributed by atoms with van der Waals surface area (Å²) in [6, 6.07) is 17.4. The second kappa shape index (κ2) is 5.94. The van der Waals surface area contributed by atoms with E-state index in [9.17, 15) is 4.79 Å². The summed E-state index contributed by atoms with van der Waals surface area (Å²) in [6.45, 7) is 6.47. The van der Waals surface area contributed by atoms with Gasteiger partial charge in [0, 0.05) is 18.4 Å². The highest BCUT2D eigenvalue weighted by Gasteiger charge is 2.51. The Kier molecular flexibility index (Phi) is 3.76. The van der Waals surface area contributed by atoms with Crippen LogP contribution >= 0.6 is 0 Å². The molecule has 1 N–H and O–H groups in total. The van der Waals surface area contributed by atoms with Crippen LogP contribution in [0.4, 0.5) is 0 Å². The average Bonchev–Trinajstić information content (AvgIpc) is 2.65. The van der Waals surface area contributed by atoms with Crippen LogP contribution in [-0.2, 0) is 4.79 Å². The highest BCUT2D eigenvalue weighted by molar-refractivity contribution is 5.83. The first kappa shape index (κ1) is 15.2. The summed E-state index contributed by atoms with van der Waals surface area (Å²) in [5.74, 6) is 1.01. The van der Waals surface area contributed by atoms with Gasteiger partial charge in [-0.25, -0.2) is 0 Å². The lowest BCUT2D eigenvalue weighted by Crippen LogP contribution is -2.47. The number of carbonyl (C=O) groups excluding carboxylic acids is 1. The van der Waals surface area contributed by atoms with Crippen molar-refractivity contribution in [3.63, 3.8) is 0 Å². The molecule has 2 atom stereocenters. The van der Waals surface area contributed by atoms with E-state index in [0.717, 1.165) is 6.42 Å². The molecule has 0 unspecified atom stereocenters. The molecule has 122 valence electrons. The van der Waals surface area contributed by atoms with Crippen LogP contribution in [0.2, 0.25) is 0 Å². The van der Waals surface area contributed by atoms with Gasteiger partial charge in [0.25, 0.3) is 0 Å². The second-order valence-electron chi connectivity index (χ2n) is 6.84. The standard InChI is InChI=1S/C22H23NO/c1-3-13-23-22(24)21-14(4-2)19-15-9-5-7-11-17(15)20(21)18-12-8-6-10-16(18)19/h3,5-12,14,19-21H,1,4,13H2,2H3,(H,23,24)/t14-,19?,20?,21-/m1/s1. The molecule has 24 heavy (non-hydrogen) atoms. The summed E-state index contributed by atoms with van der Waals surface area (Å²) in [5, 5.41) is 3.06. The van der Waals surface area contributed by atoms with Gasteiger partial charge in [-0.05, 0) is 28.2 Å². The van der Waals surface area contributed by atoms with Crippen LogP contribution in [0.1, 0.15) is 47.4 Å². The van der Waals surface area contributed by atoms with Crippen LogP contribution < -0.4 is 5.32 Å². The Morgan fingerprint density at radius 1 is 1.00 bits per heavy atom. The van der Waals surface area contributed by atoms with E-state index in [0.29, 0.717) is 18.4 Å². The molecule has 0 saturated heterocycles. The molecule has 2 aromatic rings. The Hall–Kier alpha value is -2.35. The molecule has 0 spiro atoms. The minimum absolute atomic E-state index is 0.00440. The molecule has 0 fully saturated rings. The van der Waals surface area contributed by atoms with Gasteiger partial charge < -0.3 is 5.32 Å². The fourth-order valence-corrected chi connectivity index (χ4v) is 4.92. The predicted molar refractivity (Wildman–Crippen MR) is 97.0 cm³/mol. The first-order valence-electron chi connectivity index (χ1n) is 8.84. The van der Waals surface area contributed by atoms with Gasteiger partial charge in [0.2, 0.25) is 5.91 Å². The molecule has 0 aromatic heterocycles. The van der Waals surface area contributed by atoms with Crippen LogP contribution in [0, 0.1) is 11.8 Å². The van der Waals surface area contributed by atoms with Crippen molar-refractivity contribution >= 4 is 5.91 Å². The third kappa shape index (κ3) is 2.06. The first-order valence-corrected chi connectivity index (χ1v) is 8.84. The lowest BCUT2D eigenvalue weighted by Gasteiger charge is -2.50. The third-order valence-electron chi connectivity index (χ3n) is 5.78. The lowest BCUT2D eigenvalue weighted by molar-refractivity contribution is -0.128. The highest BCUT2D eigenvalue weighted by atomic mass is 16.1. The number of carbonyl (C=O) groups is 1. The molecule has 2 heteroatoms. The van der Waals surface area contributed by atoms with E-state index < -0.39 is 0 Å². The predicted octanol–water partition coefficient (Wildman–Crippen LogP) is 4.22. The fourth-order valence-electron chi connectivity index (χ4n) is 4.92. The molecule has 0 heterocycles. The largest absolute Gasteiger partial charge is 0.352 e. The highest BCUT2D eigenvalue weighted by Crippen LogP contribution is 2.59. The SMILES string of the molecule is C=CCNC(=O)[C@H]1C2c3ccccc3C(c3ccccc32)[C@H]1CC. The van der Waals surface area contributed by atoms with Gasteiger partial charge >= 0.3 is 0 Å². The van der Waals surface area contributed by atoms with E-state index in [1.54, 1.807) is 6.08 Å². The Bertz CT molecular complexity index is 747. The lowest BCUT2D eigenvalue weighted by atomic mass is 9.53. The van der Waals surface area contributed by atoms with Crippen molar-refractivity contribution in [1.82, 2.24) is 5.32 Å². The molecule has 1 amide bonds. The van der Waals surface area contributed by atoms with Gasteiger partial charge in [-0.15, -0.1) is 6.58 Å². The fraction of sp³-hybridized carbons (Fsp3) is 0.318.